The van der Waals surface area contributed by atoms with Crippen molar-refractivity contribution in [2.45, 2.75) is 13.0 Å². The minimum absolute atomic E-state index is 0.190. The maximum absolute atomic E-state index is 6.29. The van der Waals surface area contributed by atoms with Gasteiger partial charge in [-0.15, -0.1) is 0 Å². The van der Waals surface area contributed by atoms with Gasteiger partial charge in [0.05, 0.1) is 17.9 Å². The minimum Gasteiger partial charge on any atom is -0.319 e. The SMILES string of the molecule is Cc1ccc2ncc(C(N)c3ccncc3)n2c1. The van der Waals surface area contributed by atoms with Crippen LogP contribution < -0.4 is 5.73 Å². The second-order valence-electron chi connectivity index (χ2n) is 4.38. The maximum Gasteiger partial charge on any atom is 0.136 e. The fraction of sp³-hybridized carbons (Fsp3) is 0.143. The Morgan fingerprint density at radius 3 is 2.72 bits per heavy atom. The van der Waals surface area contributed by atoms with Gasteiger partial charge in [0, 0.05) is 18.6 Å². The molecule has 1 atom stereocenters. The predicted octanol–water partition coefficient (Wildman–Crippen LogP) is 2.09. The predicted molar refractivity (Wildman–Crippen MR) is 70.2 cm³/mol. The summed E-state index contributed by atoms with van der Waals surface area (Å²) in [6.45, 7) is 2.06. The molecular weight excluding hydrogens is 224 g/mol. The van der Waals surface area contributed by atoms with Crippen molar-refractivity contribution in [1.82, 2.24) is 14.4 Å². The molecule has 0 fully saturated rings. The van der Waals surface area contributed by atoms with E-state index in [2.05, 4.69) is 23.1 Å². The summed E-state index contributed by atoms with van der Waals surface area (Å²) in [7, 11) is 0. The first-order valence-corrected chi connectivity index (χ1v) is 5.85. The summed E-state index contributed by atoms with van der Waals surface area (Å²) in [5.41, 5.74) is 10.4. The molecule has 0 saturated heterocycles. The largest absolute Gasteiger partial charge is 0.319 e. The molecule has 0 aliphatic carbocycles. The molecule has 0 radical (unpaired) electrons. The van der Waals surface area contributed by atoms with Crippen LogP contribution in [0.4, 0.5) is 0 Å². The topological polar surface area (TPSA) is 56.2 Å². The molecule has 3 aromatic heterocycles. The standard InChI is InChI=1S/C14H14N4/c1-10-2-3-13-17-8-12(18(13)9-10)14(15)11-4-6-16-7-5-11/h2-9,14H,15H2,1H3. The third-order valence-electron chi connectivity index (χ3n) is 3.07. The molecule has 4 nitrogen and oxygen atoms in total. The molecule has 0 bridgehead atoms. The van der Waals surface area contributed by atoms with Crippen molar-refractivity contribution in [3.63, 3.8) is 0 Å². The highest BCUT2D eigenvalue weighted by molar-refractivity contribution is 5.43. The van der Waals surface area contributed by atoms with E-state index in [9.17, 15) is 0 Å². The summed E-state index contributed by atoms with van der Waals surface area (Å²) in [5.74, 6) is 0. The monoisotopic (exact) mass is 238 g/mol. The van der Waals surface area contributed by atoms with E-state index >= 15 is 0 Å². The first kappa shape index (κ1) is 10.9. The van der Waals surface area contributed by atoms with E-state index in [1.807, 2.05) is 34.9 Å². The molecule has 3 heterocycles. The lowest BCUT2D eigenvalue weighted by Crippen LogP contribution is -2.14. The summed E-state index contributed by atoms with van der Waals surface area (Å²) in [6.07, 6.45) is 7.39. The van der Waals surface area contributed by atoms with Gasteiger partial charge in [0.1, 0.15) is 5.65 Å². The van der Waals surface area contributed by atoms with Gasteiger partial charge < -0.3 is 10.1 Å². The zero-order valence-corrected chi connectivity index (χ0v) is 10.1. The molecule has 0 spiro atoms. The fourth-order valence-corrected chi connectivity index (χ4v) is 2.08. The lowest BCUT2D eigenvalue weighted by Gasteiger charge is -2.11. The Morgan fingerprint density at radius 1 is 1.17 bits per heavy atom. The van der Waals surface area contributed by atoms with Crippen molar-refractivity contribution < 1.29 is 0 Å². The van der Waals surface area contributed by atoms with Gasteiger partial charge in [0.15, 0.2) is 0 Å². The summed E-state index contributed by atoms with van der Waals surface area (Å²) < 4.78 is 2.04. The van der Waals surface area contributed by atoms with Crippen LogP contribution in [0.15, 0.2) is 49.1 Å². The van der Waals surface area contributed by atoms with Crippen LogP contribution in [-0.4, -0.2) is 14.4 Å². The van der Waals surface area contributed by atoms with Gasteiger partial charge >= 0.3 is 0 Å². The number of aromatic nitrogens is 3. The second kappa shape index (κ2) is 4.23. The fourth-order valence-electron chi connectivity index (χ4n) is 2.08. The second-order valence-corrected chi connectivity index (χ2v) is 4.38. The Morgan fingerprint density at radius 2 is 1.94 bits per heavy atom. The van der Waals surface area contributed by atoms with Gasteiger partial charge in [-0.3, -0.25) is 4.98 Å². The molecule has 0 saturated carbocycles. The van der Waals surface area contributed by atoms with Crippen molar-refractivity contribution in [3.05, 3.63) is 65.9 Å². The number of rotatable bonds is 2. The highest BCUT2D eigenvalue weighted by Gasteiger charge is 2.13. The number of hydrogen-bond donors (Lipinski definition) is 1. The van der Waals surface area contributed by atoms with Crippen molar-refractivity contribution >= 4 is 5.65 Å². The molecule has 18 heavy (non-hydrogen) atoms. The third-order valence-corrected chi connectivity index (χ3v) is 3.07. The normalized spacial score (nSPS) is 12.8. The van der Waals surface area contributed by atoms with E-state index in [0.29, 0.717) is 0 Å². The zero-order valence-electron chi connectivity index (χ0n) is 10.1. The Balaban J connectivity index is 2.12. The average molecular weight is 238 g/mol. The molecule has 90 valence electrons. The van der Waals surface area contributed by atoms with Crippen LogP contribution in [0, 0.1) is 6.92 Å². The Kier molecular flexibility index (Phi) is 2.57. The van der Waals surface area contributed by atoms with Crippen LogP contribution in [0.2, 0.25) is 0 Å². The van der Waals surface area contributed by atoms with E-state index in [1.54, 1.807) is 12.4 Å². The van der Waals surface area contributed by atoms with E-state index in [0.717, 1.165) is 16.9 Å². The summed E-state index contributed by atoms with van der Waals surface area (Å²) in [5, 5.41) is 0. The quantitative estimate of drug-likeness (QED) is 0.743. The molecule has 3 aromatic rings. The first-order valence-electron chi connectivity index (χ1n) is 5.85. The van der Waals surface area contributed by atoms with Crippen LogP contribution in [-0.2, 0) is 0 Å². The smallest absolute Gasteiger partial charge is 0.136 e. The molecule has 1 unspecified atom stereocenters. The van der Waals surface area contributed by atoms with Crippen LogP contribution >= 0.6 is 0 Å². The highest BCUT2D eigenvalue weighted by Crippen LogP contribution is 2.20. The molecule has 0 amide bonds. The number of pyridine rings is 2. The van der Waals surface area contributed by atoms with Gasteiger partial charge in [0.2, 0.25) is 0 Å². The highest BCUT2D eigenvalue weighted by atomic mass is 15.0. The van der Waals surface area contributed by atoms with E-state index in [-0.39, 0.29) is 6.04 Å². The molecule has 0 aliphatic heterocycles. The average Bonchev–Trinajstić information content (AvgIpc) is 2.82. The van der Waals surface area contributed by atoms with Crippen molar-refractivity contribution in [2.24, 2.45) is 5.73 Å². The van der Waals surface area contributed by atoms with E-state index < -0.39 is 0 Å². The van der Waals surface area contributed by atoms with Gasteiger partial charge in [-0.05, 0) is 36.2 Å². The maximum atomic E-state index is 6.29. The molecule has 2 N–H and O–H groups in total. The van der Waals surface area contributed by atoms with Gasteiger partial charge in [0.25, 0.3) is 0 Å². The van der Waals surface area contributed by atoms with Gasteiger partial charge in [-0.2, -0.15) is 0 Å². The Bertz CT molecular complexity index is 673. The van der Waals surface area contributed by atoms with Gasteiger partial charge in [-0.25, -0.2) is 4.98 Å². The van der Waals surface area contributed by atoms with Crippen LogP contribution in [0.3, 0.4) is 0 Å². The number of fused-ring (bicyclic) bond motifs is 1. The number of aryl methyl sites for hydroxylation is 1. The number of nitrogens with zero attached hydrogens (tertiary/aromatic N) is 3. The molecule has 3 rings (SSSR count). The molecule has 0 aliphatic rings. The van der Waals surface area contributed by atoms with Gasteiger partial charge in [-0.1, -0.05) is 6.07 Å². The minimum atomic E-state index is -0.190. The van der Waals surface area contributed by atoms with E-state index in [4.69, 9.17) is 5.73 Å². The lowest BCUT2D eigenvalue weighted by atomic mass is 10.1. The Hall–Kier alpha value is -2.20. The van der Waals surface area contributed by atoms with E-state index in [1.165, 1.54) is 5.56 Å². The summed E-state index contributed by atoms with van der Waals surface area (Å²) >= 11 is 0. The lowest BCUT2D eigenvalue weighted by molar-refractivity contribution is 0.811. The first-order chi connectivity index (χ1) is 8.75. The van der Waals surface area contributed by atoms with Crippen molar-refractivity contribution in [2.75, 3.05) is 0 Å². The van der Waals surface area contributed by atoms with Crippen LogP contribution in [0.1, 0.15) is 22.9 Å². The van der Waals surface area contributed by atoms with Crippen molar-refractivity contribution in [3.8, 4) is 0 Å². The third kappa shape index (κ3) is 1.76. The Labute approximate surface area is 105 Å². The summed E-state index contributed by atoms with van der Waals surface area (Å²) in [6, 6.07) is 7.71. The number of imidazole rings is 1. The number of hydrogen-bond acceptors (Lipinski definition) is 3. The zero-order chi connectivity index (χ0) is 12.5. The molecule has 0 aromatic carbocycles. The van der Waals surface area contributed by atoms with Crippen LogP contribution in [0.25, 0.3) is 5.65 Å². The molecular formula is C14H14N4. The number of nitrogens with two attached hydrogens (primary N) is 1. The molecule has 4 heteroatoms. The van der Waals surface area contributed by atoms with Crippen molar-refractivity contribution in [1.29, 1.82) is 0 Å². The summed E-state index contributed by atoms with van der Waals surface area (Å²) in [4.78, 5) is 8.38. The van der Waals surface area contributed by atoms with Crippen LogP contribution in [0.5, 0.6) is 0 Å².